The van der Waals surface area contributed by atoms with E-state index in [4.69, 9.17) is 10.8 Å². The number of hydrogen-bond donors (Lipinski definition) is 2. The zero-order valence-corrected chi connectivity index (χ0v) is 9.46. The van der Waals surface area contributed by atoms with Crippen LogP contribution in [0.25, 0.3) is 0 Å². The van der Waals surface area contributed by atoms with Crippen molar-refractivity contribution in [2.45, 2.75) is 32.5 Å². The number of carbonyl (C=O) groups is 1. The summed E-state index contributed by atoms with van der Waals surface area (Å²) in [5.41, 5.74) is 3.69. The van der Waals surface area contributed by atoms with E-state index in [0.29, 0.717) is 0 Å². The van der Waals surface area contributed by atoms with Crippen molar-refractivity contribution in [2.24, 2.45) is 0 Å². The Bertz CT molecular complexity index is 457. The van der Waals surface area contributed by atoms with Crippen LogP contribution in [-0.4, -0.2) is 20.9 Å². The topological polar surface area (TPSA) is 81.1 Å². The highest BCUT2D eigenvalue weighted by Crippen LogP contribution is 2.35. The highest BCUT2D eigenvalue weighted by molar-refractivity contribution is 5.89. The number of alkyl halides is 3. The van der Waals surface area contributed by atoms with Crippen molar-refractivity contribution >= 4 is 11.8 Å². The van der Waals surface area contributed by atoms with Gasteiger partial charge >= 0.3 is 12.3 Å². The van der Waals surface area contributed by atoms with Crippen LogP contribution >= 0.6 is 0 Å². The minimum absolute atomic E-state index is 0.123. The number of carboxylic acid groups (broad SMARTS) is 1. The maximum absolute atomic E-state index is 12.5. The number of aromatic nitrogens is 2. The van der Waals surface area contributed by atoms with Gasteiger partial charge < -0.3 is 10.8 Å². The molecule has 1 heterocycles. The van der Waals surface area contributed by atoms with E-state index in [2.05, 4.69) is 5.10 Å². The summed E-state index contributed by atoms with van der Waals surface area (Å²) < 4.78 is 37.1. The number of nitrogens with two attached hydrogens (primary N) is 1. The Morgan fingerprint density at radius 2 is 1.82 bits per heavy atom. The van der Waals surface area contributed by atoms with Crippen molar-refractivity contribution in [3.05, 3.63) is 11.3 Å². The molecule has 1 rings (SSSR count). The SMILES string of the molecule is CC(C)(C)c1c(C(=O)O)nn(C(F)(F)F)c1N. The maximum atomic E-state index is 12.5. The molecule has 8 heteroatoms. The number of carboxylic acids is 1. The van der Waals surface area contributed by atoms with Gasteiger partial charge in [0.15, 0.2) is 5.69 Å². The van der Waals surface area contributed by atoms with E-state index in [1.54, 1.807) is 20.8 Å². The van der Waals surface area contributed by atoms with Crippen LogP contribution in [0.2, 0.25) is 0 Å². The fourth-order valence-electron chi connectivity index (χ4n) is 1.51. The van der Waals surface area contributed by atoms with Crippen molar-refractivity contribution in [3.8, 4) is 0 Å². The van der Waals surface area contributed by atoms with Crippen LogP contribution < -0.4 is 5.73 Å². The summed E-state index contributed by atoms with van der Waals surface area (Å²) in [7, 11) is 0. The third kappa shape index (κ3) is 2.34. The van der Waals surface area contributed by atoms with Gasteiger partial charge in [0, 0.05) is 5.56 Å². The third-order valence-corrected chi connectivity index (χ3v) is 2.11. The van der Waals surface area contributed by atoms with Gasteiger partial charge in [0.2, 0.25) is 0 Å². The van der Waals surface area contributed by atoms with Gasteiger partial charge in [-0.1, -0.05) is 20.8 Å². The fourth-order valence-corrected chi connectivity index (χ4v) is 1.51. The fraction of sp³-hybridized carbons (Fsp3) is 0.556. The van der Waals surface area contributed by atoms with Crippen LogP contribution in [-0.2, 0) is 11.7 Å². The zero-order chi connectivity index (χ0) is 13.6. The lowest BCUT2D eigenvalue weighted by atomic mass is 9.86. The Morgan fingerprint density at radius 3 is 2.06 bits per heavy atom. The van der Waals surface area contributed by atoms with Crippen LogP contribution in [0.5, 0.6) is 0 Å². The first-order chi connectivity index (χ1) is 7.46. The molecule has 96 valence electrons. The Morgan fingerprint density at radius 1 is 1.35 bits per heavy atom. The van der Waals surface area contributed by atoms with Gasteiger partial charge in [0.05, 0.1) is 0 Å². The van der Waals surface area contributed by atoms with Crippen LogP contribution in [0.15, 0.2) is 0 Å². The third-order valence-electron chi connectivity index (χ3n) is 2.11. The van der Waals surface area contributed by atoms with E-state index in [0.717, 1.165) is 0 Å². The van der Waals surface area contributed by atoms with E-state index in [9.17, 15) is 18.0 Å². The molecule has 0 aliphatic rings. The number of hydrogen-bond acceptors (Lipinski definition) is 3. The molecular formula is C9H12F3N3O2. The zero-order valence-electron chi connectivity index (χ0n) is 9.46. The minimum Gasteiger partial charge on any atom is -0.476 e. The lowest BCUT2D eigenvalue weighted by Gasteiger charge is -2.18. The molecule has 0 saturated carbocycles. The number of aromatic carboxylic acids is 1. The molecule has 0 saturated heterocycles. The molecule has 5 nitrogen and oxygen atoms in total. The van der Waals surface area contributed by atoms with Gasteiger partial charge in [-0.3, -0.25) is 0 Å². The first kappa shape index (κ1) is 13.3. The van der Waals surface area contributed by atoms with E-state index in [-0.39, 0.29) is 5.56 Å². The van der Waals surface area contributed by atoms with Gasteiger partial charge in [0.1, 0.15) is 5.82 Å². The average Bonchev–Trinajstić information content (AvgIpc) is 2.40. The molecule has 0 aromatic carbocycles. The summed E-state index contributed by atoms with van der Waals surface area (Å²) in [6, 6.07) is 0. The summed E-state index contributed by atoms with van der Waals surface area (Å²) in [6.07, 6.45) is -4.84. The molecule has 0 unspecified atom stereocenters. The predicted molar refractivity (Wildman–Crippen MR) is 53.6 cm³/mol. The standard InChI is InChI=1S/C9H12F3N3O2/c1-8(2,3)4-5(7(16)17)14-15(6(4)13)9(10,11)12/h13H2,1-3H3,(H,16,17). The first-order valence-corrected chi connectivity index (χ1v) is 4.65. The second kappa shape index (κ2) is 3.64. The summed E-state index contributed by atoms with van der Waals surface area (Å²) in [4.78, 5) is 10.9. The van der Waals surface area contributed by atoms with Gasteiger partial charge in [-0.25, -0.2) is 4.79 Å². The smallest absolute Gasteiger partial charge is 0.476 e. The lowest BCUT2D eigenvalue weighted by Crippen LogP contribution is -2.22. The highest BCUT2D eigenvalue weighted by atomic mass is 19.4. The van der Waals surface area contributed by atoms with Crippen molar-refractivity contribution in [1.29, 1.82) is 0 Å². The van der Waals surface area contributed by atoms with E-state index in [1.165, 1.54) is 0 Å². The summed E-state index contributed by atoms with van der Waals surface area (Å²) in [6.45, 7) is 4.69. The van der Waals surface area contributed by atoms with Gasteiger partial charge in [-0.05, 0) is 5.41 Å². The second-order valence-corrected chi connectivity index (χ2v) is 4.54. The molecule has 17 heavy (non-hydrogen) atoms. The molecule has 3 N–H and O–H groups in total. The van der Waals surface area contributed by atoms with Gasteiger partial charge in [0.25, 0.3) is 0 Å². The van der Waals surface area contributed by atoms with E-state index < -0.39 is 33.9 Å². The monoisotopic (exact) mass is 251 g/mol. The Kier molecular flexibility index (Phi) is 2.86. The molecule has 0 fully saturated rings. The van der Waals surface area contributed by atoms with Gasteiger partial charge in [-0.2, -0.15) is 9.78 Å². The Hall–Kier alpha value is -1.73. The lowest BCUT2D eigenvalue weighted by molar-refractivity contribution is -0.210. The molecule has 1 aromatic rings. The quantitative estimate of drug-likeness (QED) is 0.799. The van der Waals surface area contributed by atoms with Crippen LogP contribution in [0.4, 0.5) is 19.0 Å². The van der Waals surface area contributed by atoms with Crippen LogP contribution in [0, 0.1) is 0 Å². The first-order valence-electron chi connectivity index (χ1n) is 4.65. The molecular weight excluding hydrogens is 239 g/mol. The molecule has 0 aliphatic heterocycles. The summed E-state index contributed by atoms with van der Waals surface area (Å²) in [5, 5.41) is 11.8. The van der Waals surface area contributed by atoms with Crippen molar-refractivity contribution in [3.63, 3.8) is 0 Å². The Labute approximate surface area is 95.0 Å². The normalized spacial score (nSPS) is 12.8. The number of halogens is 3. The van der Waals surface area contributed by atoms with Crippen molar-refractivity contribution < 1.29 is 23.1 Å². The number of nitrogen functional groups attached to an aromatic ring is 1. The Balaban J connectivity index is 3.59. The molecule has 0 radical (unpaired) electrons. The van der Waals surface area contributed by atoms with Crippen LogP contribution in [0.1, 0.15) is 36.8 Å². The second-order valence-electron chi connectivity index (χ2n) is 4.54. The minimum atomic E-state index is -4.84. The van der Waals surface area contributed by atoms with Crippen molar-refractivity contribution in [1.82, 2.24) is 9.78 Å². The average molecular weight is 251 g/mol. The summed E-state index contributed by atoms with van der Waals surface area (Å²) >= 11 is 0. The van der Waals surface area contributed by atoms with Crippen LogP contribution in [0.3, 0.4) is 0 Å². The number of nitrogens with zero attached hydrogens (tertiary/aromatic N) is 2. The number of rotatable bonds is 1. The number of anilines is 1. The molecule has 0 bridgehead atoms. The largest absolute Gasteiger partial charge is 0.506 e. The molecule has 1 aromatic heterocycles. The van der Waals surface area contributed by atoms with E-state index in [1.807, 2.05) is 0 Å². The highest BCUT2D eigenvalue weighted by Gasteiger charge is 2.40. The summed E-state index contributed by atoms with van der Waals surface area (Å²) in [5.74, 6) is -2.23. The van der Waals surface area contributed by atoms with Gasteiger partial charge in [-0.15, -0.1) is 13.2 Å². The van der Waals surface area contributed by atoms with Crippen molar-refractivity contribution in [2.75, 3.05) is 5.73 Å². The van der Waals surface area contributed by atoms with E-state index >= 15 is 0 Å². The maximum Gasteiger partial charge on any atom is 0.506 e. The molecule has 0 amide bonds. The molecule has 0 aliphatic carbocycles. The predicted octanol–water partition coefficient (Wildman–Crippen LogP) is 1.94. The molecule has 0 spiro atoms. The molecule has 0 atom stereocenters.